The van der Waals surface area contributed by atoms with Crippen LogP contribution in [0.1, 0.15) is 166 Å². The molecule has 0 saturated heterocycles. The van der Waals surface area contributed by atoms with E-state index in [9.17, 15) is 13.0 Å². The van der Waals surface area contributed by atoms with Gasteiger partial charge in [0.25, 0.3) is 0 Å². The van der Waals surface area contributed by atoms with Crippen LogP contribution >= 0.6 is 0 Å². The fourth-order valence-corrected chi connectivity index (χ4v) is 6.94. The molecule has 0 spiro atoms. The molecule has 0 heterocycles. The van der Waals surface area contributed by atoms with Crippen LogP contribution in [0.4, 0.5) is 0 Å². The third-order valence-corrected chi connectivity index (χ3v) is 9.47. The Labute approximate surface area is 296 Å². The molecule has 2 aromatic carbocycles. The van der Waals surface area contributed by atoms with E-state index in [1.54, 1.807) is 0 Å². The van der Waals surface area contributed by atoms with E-state index in [0.717, 1.165) is 36.6 Å². The van der Waals surface area contributed by atoms with Crippen LogP contribution in [0.5, 0.6) is 0 Å². The Kier molecular flexibility index (Phi) is 23.5. The topological polar surface area (TPSA) is 57.2 Å². The number of rotatable bonds is 25. The van der Waals surface area contributed by atoms with Crippen LogP contribution in [0.3, 0.4) is 0 Å². The fourth-order valence-electron chi connectivity index (χ4n) is 6.01. The Morgan fingerprint density at radius 3 is 1.37 bits per heavy atom. The fraction of sp³-hybridized carbons (Fsp3) is 0.722. The van der Waals surface area contributed by atoms with E-state index in [0.29, 0.717) is 17.4 Å². The third-order valence-electron chi connectivity index (χ3n) is 8.49. The molecule has 5 heteroatoms. The van der Waals surface area contributed by atoms with Gasteiger partial charge in [-0.15, -0.1) is 0 Å². The van der Waals surface area contributed by atoms with Gasteiger partial charge in [-0.3, -0.25) is 0 Å². The van der Waals surface area contributed by atoms with Gasteiger partial charge in [0.15, 0.2) is 0 Å². The summed E-state index contributed by atoms with van der Waals surface area (Å²) in [7, 11) is -4.54. The molecule has 0 N–H and O–H groups in total. The van der Waals surface area contributed by atoms with Crippen LogP contribution < -0.4 is 51.4 Å². The Balaban J connectivity index is 0.00000840. The molecule has 2 rings (SSSR count). The number of aryl methyl sites for hydroxylation is 2. The third kappa shape index (κ3) is 17.4. The molecule has 0 fully saturated rings. The van der Waals surface area contributed by atoms with Crippen LogP contribution in [-0.2, 0) is 23.0 Å². The second kappa shape index (κ2) is 24.6. The van der Waals surface area contributed by atoms with Crippen molar-refractivity contribution in [2.45, 2.75) is 173 Å². The Hall–Kier alpha value is 0.246. The maximum atomic E-state index is 12.4. The monoisotopic (exact) mass is 610 g/mol. The molecule has 2 aromatic rings. The Bertz CT molecular complexity index is 1030. The first kappa shape index (κ1) is 39.3. The minimum atomic E-state index is -4.54. The molecule has 3 nitrogen and oxygen atoms in total. The van der Waals surface area contributed by atoms with Crippen molar-refractivity contribution in [2.75, 3.05) is 0 Å². The maximum Gasteiger partial charge on any atom is 1.00 e. The van der Waals surface area contributed by atoms with Crippen molar-refractivity contribution in [1.82, 2.24) is 0 Å². The Morgan fingerprint density at radius 1 is 0.537 bits per heavy atom. The normalized spacial score (nSPS) is 11.7. The number of benzene rings is 2. The number of hydrogen-bond donors (Lipinski definition) is 0. The predicted molar refractivity (Wildman–Crippen MR) is 172 cm³/mol. The molecule has 0 amide bonds. The molecule has 0 aliphatic carbocycles. The summed E-state index contributed by atoms with van der Waals surface area (Å²) in [5.41, 5.74) is 1.84. The van der Waals surface area contributed by atoms with Crippen LogP contribution in [0.25, 0.3) is 10.8 Å². The SMILES string of the molecule is CCCCCCCCCCCCCc1ccc2ccc(CCCCCCCCCCCCC)c(S(=O)(=O)[O-])c2c1.[K+]. The molecule has 0 bridgehead atoms. The van der Waals surface area contributed by atoms with Crippen molar-refractivity contribution in [3.63, 3.8) is 0 Å². The van der Waals surface area contributed by atoms with Gasteiger partial charge < -0.3 is 4.55 Å². The molecule has 0 aliphatic rings. The van der Waals surface area contributed by atoms with E-state index in [4.69, 9.17) is 0 Å². The van der Waals surface area contributed by atoms with Gasteiger partial charge in [-0.2, -0.15) is 0 Å². The van der Waals surface area contributed by atoms with Crippen molar-refractivity contribution in [3.8, 4) is 0 Å². The van der Waals surface area contributed by atoms with Crippen LogP contribution in [0.2, 0.25) is 0 Å². The summed E-state index contributed by atoms with van der Waals surface area (Å²) in [5.74, 6) is 0. The van der Waals surface area contributed by atoms with Gasteiger partial charge in [-0.25, -0.2) is 8.42 Å². The molecular weight excluding hydrogens is 552 g/mol. The average molecular weight is 611 g/mol. The summed E-state index contributed by atoms with van der Waals surface area (Å²) in [6.07, 6.45) is 29.9. The van der Waals surface area contributed by atoms with Crippen molar-refractivity contribution < 1.29 is 64.4 Å². The summed E-state index contributed by atoms with van der Waals surface area (Å²) < 4.78 is 37.2. The standard InChI is InChI=1S/C36H60O3S.K/c1-3-5-7-9-11-13-15-17-19-21-23-25-32-27-28-33-29-30-34(36(35(33)31-32)40(37,38)39)26-24-22-20-18-16-14-12-10-8-6-4-2;/h27-31H,3-26H2,1-2H3,(H,37,38,39);/q;+1/p-1. The first-order valence-corrected chi connectivity index (χ1v) is 18.4. The first-order chi connectivity index (χ1) is 19.5. The summed E-state index contributed by atoms with van der Waals surface area (Å²) in [6.45, 7) is 4.52. The van der Waals surface area contributed by atoms with Crippen molar-refractivity contribution >= 4 is 20.9 Å². The molecule has 0 aromatic heterocycles. The summed E-state index contributed by atoms with van der Waals surface area (Å²) in [5, 5.41) is 1.47. The molecule has 41 heavy (non-hydrogen) atoms. The molecular formula is C36H59KO3S. The Morgan fingerprint density at radius 2 is 0.927 bits per heavy atom. The predicted octanol–water partition coefficient (Wildman–Crippen LogP) is 8.45. The van der Waals surface area contributed by atoms with Gasteiger partial charge >= 0.3 is 51.4 Å². The number of hydrogen-bond acceptors (Lipinski definition) is 3. The largest absolute Gasteiger partial charge is 1.00 e. The van der Waals surface area contributed by atoms with E-state index >= 15 is 0 Å². The van der Waals surface area contributed by atoms with Crippen molar-refractivity contribution in [1.29, 1.82) is 0 Å². The number of fused-ring (bicyclic) bond motifs is 1. The van der Waals surface area contributed by atoms with Crippen molar-refractivity contribution in [3.05, 3.63) is 41.5 Å². The van der Waals surface area contributed by atoms with Gasteiger partial charge in [-0.1, -0.05) is 167 Å². The van der Waals surface area contributed by atoms with Gasteiger partial charge in [-0.05, 0) is 53.6 Å². The van der Waals surface area contributed by atoms with Gasteiger partial charge in [0, 0.05) is 0 Å². The minimum Gasteiger partial charge on any atom is -0.744 e. The van der Waals surface area contributed by atoms with Gasteiger partial charge in [0.2, 0.25) is 0 Å². The molecule has 0 aliphatic heterocycles. The summed E-state index contributed by atoms with van der Waals surface area (Å²) in [4.78, 5) is 0.0258. The van der Waals surface area contributed by atoms with Crippen LogP contribution in [0, 0.1) is 0 Å². The summed E-state index contributed by atoms with van der Waals surface area (Å²) in [6, 6.07) is 9.92. The quantitative estimate of drug-likeness (QED) is 0.0644. The first-order valence-electron chi connectivity index (χ1n) is 17.0. The molecule has 0 atom stereocenters. The molecule has 0 saturated carbocycles. The smallest absolute Gasteiger partial charge is 0.744 e. The maximum absolute atomic E-state index is 12.4. The number of unbranched alkanes of at least 4 members (excludes halogenated alkanes) is 20. The molecule has 0 radical (unpaired) electrons. The van der Waals surface area contributed by atoms with E-state index < -0.39 is 10.1 Å². The zero-order valence-electron chi connectivity index (χ0n) is 27.0. The van der Waals surface area contributed by atoms with E-state index in [2.05, 4.69) is 19.9 Å². The van der Waals surface area contributed by atoms with E-state index in [-0.39, 0.29) is 56.3 Å². The van der Waals surface area contributed by atoms with E-state index in [1.165, 1.54) is 122 Å². The average Bonchev–Trinajstić information content (AvgIpc) is 2.93. The van der Waals surface area contributed by atoms with E-state index in [1.807, 2.05) is 24.3 Å². The molecule has 228 valence electrons. The van der Waals surface area contributed by atoms with Gasteiger partial charge in [0.05, 0.1) is 4.90 Å². The van der Waals surface area contributed by atoms with Crippen LogP contribution in [-0.4, -0.2) is 13.0 Å². The van der Waals surface area contributed by atoms with Crippen molar-refractivity contribution in [2.24, 2.45) is 0 Å². The van der Waals surface area contributed by atoms with Crippen LogP contribution in [0.15, 0.2) is 35.2 Å². The minimum absolute atomic E-state index is 0. The second-order valence-electron chi connectivity index (χ2n) is 12.1. The van der Waals surface area contributed by atoms with Gasteiger partial charge in [0.1, 0.15) is 10.1 Å². The zero-order chi connectivity index (χ0) is 28.9. The summed E-state index contributed by atoms with van der Waals surface area (Å²) >= 11 is 0. The second-order valence-corrected chi connectivity index (χ2v) is 13.5. The molecule has 0 unspecified atom stereocenters. The zero-order valence-corrected chi connectivity index (χ0v) is 30.9.